The molecule has 0 radical (unpaired) electrons. The van der Waals surface area contributed by atoms with E-state index in [1.165, 1.54) is 225 Å². The normalized spacial score (nSPS) is 13.7. The highest BCUT2D eigenvalue weighted by Crippen LogP contribution is 2.43. The molecule has 0 rings (SSSR count). The van der Waals surface area contributed by atoms with Gasteiger partial charge in [0.1, 0.15) is 12.2 Å². The number of esters is 1. The van der Waals surface area contributed by atoms with Gasteiger partial charge in [0.15, 0.2) is 0 Å². The van der Waals surface area contributed by atoms with Crippen LogP contribution in [-0.4, -0.2) is 66.3 Å². The van der Waals surface area contributed by atoms with Crippen LogP contribution in [0.5, 0.6) is 0 Å². The van der Waals surface area contributed by atoms with E-state index in [-0.39, 0.29) is 25.6 Å². The summed E-state index contributed by atoms with van der Waals surface area (Å²) in [7, 11) is -4.52. The van der Waals surface area contributed by atoms with Crippen molar-refractivity contribution < 1.29 is 43.0 Å². The maximum absolute atomic E-state index is 12.7. The Morgan fingerprint density at radius 2 is 0.738 bits per heavy atom. The zero-order valence-corrected chi connectivity index (χ0v) is 41.3. The zero-order valence-electron chi connectivity index (χ0n) is 40.4. The summed E-state index contributed by atoms with van der Waals surface area (Å²) in [6, 6.07) is 0. The van der Waals surface area contributed by atoms with Crippen LogP contribution in [0.15, 0.2) is 0 Å². The molecule has 0 amide bonds. The molecule has 0 aliphatic heterocycles. The predicted molar refractivity (Wildman–Crippen MR) is 256 cm³/mol. The molecule has 9 nitrogen and oxygen atoms in total. The van der Waals surface area contributed by atoms with Crippen molar-refractivity contribution in [1.82, 2.24) is 0 Å². The van der Waals surface area contributed by atoms with Crippen molar-refractivity contribution in [3.63, 3.8) is 0 Å². The van der Waals surface area contributed by atoms with Gasteiger partial charge in [0, 0.05) is 13.0 Å². The SMILES string of the molecule is CCCCCCCCCCCCCCCCCCCCCCCC(=O)OC(COCCCCCCCCCCCCCCCCCCCCC)COP(=O)(O)OCC(O)CO. The zero-order chi connectivity index (χ0) is 44.6. The fourth-order valence-electron chi connectivity index (χ4n) is 8.01. The number of carbonyl (C=O) groups is 1. The third kappa shape index (κ3) is 48.7. The summed E-state index contributed by atoms with van der Waals surface area (Å²) in [5.41, 5.74) is 0. The number of aliphatic hydroxyl groups excluding tert-OH is 2. The van der Waals surface area contributed by atoms with Crippen molar-refractivity contribution in [1.29, 1.82) is 0 Å². The van der Waals surface area contributed by atoms with Crippen LogP contribution in [0, 0.1) is 0 Å². The van der Waals surface area contributed by atoms with Gasteiger partial charge in [-0.2, -0.15) is 0 Å². The number of aliphatic hydroxyl groups is 2. The molecule has 3 N–H and O–H groups in total. The third-order valence-electron chi connectivity index (χ3n) is 12.0. The van der Waals surface area contributed by atoms with Crippen molar-refractivity contribution in [2.75, 3.05) is 33.0 Å². The molecule has 0 aromatic rings. The highest BCUT2D eigenvalue weighted by atomic mass is 31.2. The van der Waals surface area contributed by atoms with Gasteiger partial charge in [-0.25, -0.2) is 4.57 Å². The Labute approximate surface area is 378 Å². The third-order valence-corrected chi connectivity index (χ3v) is 13.0. The number of hydrogen-bond donors (Lipinski definition) is 3. The number of unbranched alkanes of at least 4 members (excludes halogenated alkanes) is 38. The molecule has 10 heteroatoms. The molecule has 0 saturated carbocycles. The van der Waals surface area contributed by atoms with Gasteiger partial charge in [-0.15, -0.1) is 0 Å². The molecule has 0 saturated heterocycles. The van der Waals surface area contributed by atoms with Crippen LogP contribution in [-0.2, 0) is 27.9 Å². The molecule has 0 aromatic carbocycles. The van der Waals surface area contributed by atoms with Gasteiger partial charge in [0.2, 0.25) is 0 Å². The van der Waals surface area contributed by atoms with E-state index in [1.54, 1.807) is 0 Å². The van der Waals surface area contributed by atoms with Crippen molar-refractivity contribution in [3.8, 4) is 0 Å². The van der Waals surface area contributed by atoms with Gasteiger partial charge in [0.05, 0.1) is 26.4 Å². The van der Waals surface area contributed by atoms with Crippen LogP contribution in [0.2, 0.25) is 0 Å². The minimum absolute atomic E-state index is 0.0589. The number of ether oxygens (including phenoxy) is 2. The fraction of sp³-hybridized carbons (Fsp3) is 0.980. The summed E-state index contributed by atoms with van der Waals surface area (Å²) in [6.45, 7) is 3.61. The van der Waals surface area contributed by atoms with Crippen LogP contribution in [0.3, 0.4) is 0 Å². The monoisotopic (exact) mass is 891 g/mol. The van der Waals surface area contributed by atoms with Crippen LogP contribution >= 0.6 is 7.82 Å². The van der Waals surface area contributed by atoms with Crippen molar-refractivity contribution in [2.45, 2.75) is 289 Å². The van der Waals surface area contributed by atoms with Gasteiger partial charge in [-0.1, -0.05) is 258 Å². The maximum atomic E-state index is 12.7. The summed E-state index contributed by atoms with van der Waals surface area (Å²) in [5.74, 6) is -0.372. The fourth-order valence-corrected chi connectivity index (χ4v) is 8.80. The van der Waals surface area contributed by atoms with Crippen molar-refractivity contribution in [3.05, 3.63) is 0 Å². The highest BCUT2D eigenvalue weighted by Gasteiger charge is 2.26. The lowest BCUT2D eigenvalue weighted by Gasteiger charge is -2.20. The second-order valence-corrected chi connectivity index (χ2v) is 19.7. The molecule has 0 aliphatic carbocycles. The molecule has 0 aliphatic rings. The van der Waals surface area contributed by atoms with E-state index in [4.69, 9.17) is 23.6 Å². The lowest BCUT2D eigenvalue weighted by molar-refractivity contribution is -0.154. The van der Waals surface area contributed by atoms with Gasteiger partial charge in [-0.3, -0.25) is 13.8 Å². The summed E-state index contributed by atoms with van der Waals surface area (Å²) in [6.07, 6.45) is 50.7. The summed E-state index contributed by atoms with van der Waals surface area (Å²) >= 11 is 0. The average Bonchev–Trinajstić information content (AvgIpc) is 3.25. The summed E-state index contributed by atoms with van der Waals surface area (Å²) < 4.78 is 33.6. The lowest BCUT2D eigenvalue weighted by Crippen LogP contribution is -2.29. The quantitative estimate of drug-likeness (QED) is 0.0310. The number of hydrogen-bond acceptors (Lipinski definition) is 8. The van der Waals surface area contributed by atoms with Gasteiger partial charge < -0.3 is 24.6 Å². The Kier molecular flexibility index (Phi) is 48.5. The first-order chi connectivity index (χ1) is 29.8. The predicted octanol–water partition coefficient (Wildman–Crippen LogP) is 15.4. The summed E-state index contributed by atoms with van der Waals surface area (Å²) in [4.78, 5) is 22.7. The van der Waals surface area contributed by atoms with E-state index in [2.05, 4.69) is 13.8 Å². The molecule has 3 atom stereocenters. The minimum Gasteiger partial charge on any atom is -0.457 e. The smallest absolute Gasteiger partial charge is 0.457 e. The van der Waals surface area contributed by atoms with E-state index in [9.17, 15) is 19.4 Å². The Bertz CT molecular complexity index is 922. The average molecular weight is 891 g/mol. The van der Waals surface area contributed by atoms with Crippen LogP contribution < -0.4 is 0 Å². The number of phosphoric acid groups is 1. The van der Waals surface area contributed by atoms with E-state index in [1.807, 2.05) is 0 Å². The molecule has 0 aromatic heterocycles. The molecule has 3 unspecified atom stereocenters. The number of phosphoric ester groups is 1. The first-order valence-corrected chi connectivity index (χ1v) is 28.0. The summed E-state index contributed by atoms with van der Waals surface area (Å²) in [5, 5.41) is 18.4. The second-order valence-electron chi connectivity index (χ2n) is 18.3. The molecule has 0 bridgehead atoms. The first kappa shape index (κ1) is 60.5. The van der Waals surface area contributed by atoms with Crippen molar-refractivity contribution in [2.24, 2.45) is 0 Å². The van der Waals surface area contributed by atoms with E-state index in [0.717, 1.165) is 32.1 Å². The maximum Gasteiger partial charge on any atom is 0.472 e. The Morgan fingerprint density at radius 1 is 0.443 bits per heavy atom. The van der Waals surface area contributed by atoms with Crippen LogP contribution in [0.4, 0.5) is 0 Å². The minimum atomic E-state index is -4.52. The number of rotatable bonds is 52. The largest absolute Gasteiger partial charge is 0.472 e. The standard InChI is InChI=1S/C51H103O9P/c1-3-5-7-9-11-13-15-17-19-21-23-24-25-27-29-31-33-35-37-39-41-43-51(54)60-50(48-59-61(55,56)58-46-49(53)45-52)47-57-44-42-40-38-36-34-32-30-28-26-22-20-18-16-14-12-10-8-6-4-2/h49-50,52-53H,3-48H2,1-2H3,(H,55,56). The Morgan fingerprint density at radius 3 is 1.07 bits per heavy atom. The van der Waals surface area contributed by atoms with E-state index < -0.39 is 33.2 Å². The van der Waals surface area contributed by atoms with Gasteiger partial charge in [0.25, 0.3) is 0 Å². The van der Waals surface area contributed by atoms with E-state index in [0.29, 0.717) is 6.61 Å². The molecule has 0 fully saturated rings. The van der Waals surface area contributed by atoms with Gasteiger partial charge in [-0.05, 0) is 12.8 Å². The van der Waals surface area contributed by atoms with E-state index >= 15 is 0 Å². The Hall–Kier alpha value is -0.540. The topological polar surface area (TPSA) is 132 Å². The van der Waals surface area contributed by atoms with Gasteiger partial charge >= 0.3 is 13.8 Å². The highest BCUT2D eigenvalue weighted by molar-refractivity contribution is 7.47. The number of carbonyl (C=O) groups excluding carboxylic acids is 1. The molecule has 366 valence electrons. The molecule has 0 heterocycles. The lowest BCUT2D eigenvalue weighted by atomic mass is 10.0. The molecular weight excluding hydrogens is 788 g/mol. The van der Waals surface area contributed by atoms with Crippen LogP contribution in [0.25, 0.3) is 0 Å². The Balaban J connectivity index is 3.99. The molecule has 0 spiro atoms. The second kappa shape index (κ2) is 48.9. The molecular formula is C51H103O9P. The van der Waals surface area contributed by atoms with Crippen LogP contribution in [0.1, 0.15) is 277 Å². The molecule has 61 heavy (non-hydrogen) atoms. The van der Waals surface area contributed by atoms with Crippen molar-refractivity contribution >= 4 is 13.8 Å². The first-order valence-electron chi connectivity index (χ1n) is 26.5.